The number of thiazole rings is 1. The minimum absolute atomic E-state index is 0.0284. The van der Waals surface area contributed by atoms with Gasteiger partial charge in [-0.2, -0.15) is 4.31 Å². The second kappa shape index (κ2) is 10.4. The van der Waals surface area contributed by atoms with Crippen LogP contribution in [-0.2, 0) is 14.8 Å². The Kier molecular flexibility index (Phi) is 7.35. The highest BCUT2D eigenvalue weighted by Crippen LogP contribution is 2.34. The van der Waals surface area contributed by atoms with Crippen LogP contribution >= 0.6 is 34.3 Å². The largest absolute Gasteiger partial charge is 0.357 e. The highest BCUT2D eigenvalue weighted by atomic mass is 35.5. The number of amides is 4. The van der Waals surface area contributed by atoms with Crippen LogP contribution < -0.4 is 11.1 Å². The van der Waals surface area contributed by atoms with Crippen LogP contribution in [0.1, 0.15) is 27.0 Å². The number of carbonyl (C=O) groups is 3. The standard InChI is InChI=1S/C23H25ClN6O5S3/c1-26-20(31)16-12-29(38(34,35)19-8-13-2-3-15(24)9-17(13)36-19)6-7-30(16)22(32)21-27-10-18(37-21)14-4-5-28(11-14)23(25)33/h2-3,8-10,14,16H,4-7,11-12H2,1H3,(H2,25,33)(H,26,31). The van der Waals surface area contributed by atoms with Crippen LogP contribution in [0.3, 0.4) is 0 Å². The van der Waals surface area contributed by atoms with E-state index in [1.165, 1.54) is 27.6 Å². The lowest BCUT2D eigenvalue weighted by Crippen LogP contribution is -2.61. The Morgan fingerprint density at radius 1 is 1.13 bits per heavy atom. The molecule has 38 heavy (non-hydrogen) atoms. The molecular formula is C23H25ClN6O5S3. The molecule has 5 rings (SSSR count). The van der Waals surface area contributed by atoms with Crippen molar-refractivity contribution in [1.29, 1.82) is 0 Å². The maximum absolute atomic E-state index is 13.5. The van der Waals surface area contributed by atoms with Crippen molar-refractivity contribution in [3.05, 3.63) is 45.4 Å². The van der Waals surface area contributed by atoms with Gasteiger partial charge in [0.2, 0.25) is 5.91 Å². The number of halogens is 1. The topological polar surface area (TPSA) is 146 Å². The number of nitrogens with zero attached hydrogens (tertiary/aromatic N) is 4. The van der Waals surface area contributed by atoms with Crippen LogP contribution in [0.5, 0.6) is 0 Å². The number of piperazine rings is 1. The fourth-order valence-electron chi connectivity index (χ4n) is 4.74. The number of likely N-dealkylation sites (tertiary alicyclic amines) is 1. The molecule has 2 aliphatic heterocycles. The third-order valence-electron chi connectivity index (χ3n) is 6.82. The van der Waals surface area contributed by atoms with Crippen molar-refractivity contribution in [1.82, 2.24) is 24.4 Å². The van der Waals surface area contributed by atoms with Crippen molar-refractivity contribution in [3.8, 4) is 0 Å². The number of hydrogen-bond donors (Lipinski definition) is 2. The summed E-state index contributed by atoms with van der Waals surface area (Å²) in [5.74, 6) is -0.867. The molecule has 15 heteroatoms. The van der Waals surface area contributed by atoms with E-state index >= 15 is 0 Å². The summed E-state index contributed by atoms with van der Waals surface area (Å²) in [4.78, 5) is 45.8. The van der Waals surface area contributed by atoms with Gasteiger partial charge in [-0.3, -0.25) is 9.59 Å². The summed E-state index contributed by atoms with van der Waals surface area (Å²) in [6, 6.07) is 5.26. The molecule has 3 aromatic rings. The zero-order valence-corrected chi connectivity index (χ0v) is 23.5. The first-order chi connectivity index (χ1) is 18.1. The van der Waals surface area contributed by atoms with E-state index in [9.17, 15) is 22.8 Å². The smallest absolute Gasteiger partial charge is 0.314 e. The van der Waals surface area contributed by atoms with E-state index in [0.29, 0.717) is 18.1 Å². The monoisotopic (exact) mass is 596 g/mol. The van der Waals surface area contributed by atoms with Crippen LogP contribution in [0.25, 0.3) is 10.1 Å². The second-order valence-electron chi connectivity index (χ2n) is 9.08. The molecule has 2 saturated heterocycles. The van der Waals surface area contributed by atoms with Gasteiger partial charge in [0.25, 0.3) is 15.9 Å². The highest BCUT2D eigenvalue weighted by molar-refractivity contribution is 7.91. The number of rotatable bonds is 5. The Bertz CT molecular complexity index is 1520. The summed E-state index contributed by atoms with van der Waals surface area (Å²) in [6.07, 6.45) is 2.34. The Morgan fingerprint density at radius 2 is 1.92 bits per heavy atom. The lowest BCUT2D eigenvalue weighted by molar-refractivity contribution is -0.126. The molecule has 1 aromatic carbocycles. The lowest BCUT2D eigenvalue weighted by atomic mass is 10.1. The molecule has 0 radical (unpaired) electrons. The highest BCUT2D eigenvalue weighted by Gasteiger charge is 2.41. The molecule has 0 aliphatic carbocycles. The fourth-order valence-corrected chi connectivity index (χ4v) is 9.00. The predicted molar refractivity (Wildman–Crippen MR) is 145 cm³/mol. The van der Waals surface area contributed by atoms with E-state index < -0.39 is 33.9 Å². The van der Waals surface area contributed by atoms with Gasteiger partial charge < -0.3 is 20.9 Å². The summed E-state index contributed by atoms with van der Waals surface area (Å²) in [5.41, 5.74) is 5.37. The normalized spacial score (nSPS) is 20.7. The summed E-state index contributed by atoms with van der Waals surface area (Å²) < 4.78 is 29.1. The molecule has 2 unspecified atom stereocenters. The van der Waals surface area contributed by atoms with Crippen LogP contribution in [0, 0.1) is 0 Å². The number of likely N-dealkylation sites (N-methyl/N-ethyl adjacent to an activating group) is 1. The van der Waals surface area contributed by atoms with E-state index in [1.807, 2.05) is 0 Å². The molecule has 3 N–H and O–H groups in total. The molecule has 2 aliphatic rings. The van der Waals surface area contributed by atoms with Gasteiger partial charge in [-0.15, -0.1) is 22.7 Å². The van der Waals surface area contributed by atoms with E-state index in [0.717, 1.165) is 32.7 Å². The van der Waals surface area contributed by atoms with Crippen molar-refractivity contribution in [2.45, 2.75) is 22.6 Å². The fraction of sp³-hybridized carbons (Fsp3) is 0.391. The molecule has 2 fully saturated rings. The van der Waals surface area contributed by atoms with Gasteiger partial charge >= 0.3 is 6.03 Å². The molecule has 202 valence electrons. The molecule has 2 aromatic heterocycles. The number of benzene rings is 1. The number of hydrogen-bond acceptors (Lipinski definition) is 8. The average Bonchev–Trinajstić information content (AvgIpc) is 3.66. The number of nitrogens with one attached hydrogen (secondary N) is 1. The third-order valence-corrected chi connectivity index (χ3v) is 11.6. The second-order valence-corrected chi connectivity index (χ2v) is 13.8. The van der Waals surface area contributed by atoms with Crippen molar-refractivity contribution in [2.24, 2.45) is 5.73 Å². The maximum atomic E-state index is 13.5. The first kappa shape index (κ1) is 26.8. The maximum Gasteiger partial charge on any atom is 0.314 e. The summed E-state index contributed by atoms with van der Waals surface area (Å²) in [6.45, 7) is 0.887. The number of sulfonamides is 1. The van der Waals surface area contributed by atoms with Gasteiger partial charge in [-0.25, -0.2) is 18.2 Å². The van der Waals surface area contributed by atoms with Gasteiger partial charge in [-0.1, -0.05) is 17.7 Å². The summed E-state index contributed by atoms with van der Waals surface area (Å²) in [7, 11) is -2.46. The van der Waals surface area contributed by atoms with Crippen LogP contribution in [-0.4, -0.2) is 91.2 Å². The van der Waals surface area contributed by atoms with E-state index in [-0.39, 0.29) is 34.8 Å². The average molecular weight is 597 g/mol. The Labute approximate surface area is 232 Å². The van der Waals surface area contributed by atoms with Gasteiger partial charge in [0.15, 0.2) is 5.01 Å². The SMILES string of the molecule is CNC(=O)C1CN(S(=O)(=O)c2cc3ccc(Cl)cc3s2)CCN1C(=O)c1ncc(C2CCN(C(N)=O)C2)s1. The first-order valence-corrected chi connectivity index (χ1v) is 15.3. The summed E-state index contributed by atoms with van der Waals surface area (Å²) in [5, 5.41) is 4.03. The molecule has 0 bridgehead atoms. The number of aromatic nitrogens is 1. The number of carbonyl (C=O) groups excluding carboxylic acids is 3. The van der Waals surface area contributed by atoms with Crippen LogP contribution in [0.4, 0.5) is 4.79 Å². The van der Waals surface area contributed by atoms with Gasteiger partial charge in [0.1, 0.15) is 10.3 Å². The number of fused-ring (bicyclic) bond motifs is 1. The number of nitrogens with two attached hydrogens (primary N) is 1. The quantitative estimate of drug-likeness (QED) is 0.461. The Hall–Kier alpha value is -2.78. The lowest BCUT2D eigenvalue weighted by Gasteiger charge is -2.39. The number of thiophene rings is 1. The zero-order chi connectivity index (χ0) is 27.2. The van der Waals surface area contributed by atoms with E-state index in [1.54, 1.807) is 35.4 Å². The van der Waals surface area contributed by atoms with Gasteiger partial charge in [0.05, 0.1) is 0 Å². The number of primary amides is 1. The predicted octanol–water partition coefficient (Wildman–Crippen LogP) is 2.14. The van der Waals surface area contributed by atoms with Gasteiger partial charge in [-0.05, 0) is 30.0 Å². The van der Waals surface area contributed by atoms with Crippen molar-refractivity contribution < 1.29 is 22.8 Å². The van der Waals surface area contributed by atoms with Crippen LogP contribution in [0.2, 0.25) is 5.02 Å². The van der Waals surface area contributed by atoms with E-state index in [4.69, 9.17) is 17.3 Å². The van der Waals surface area contributed by atoms with Crippen molar-refractivity contribution in [2.75, 3.05) is 39.8 Å². The molecular weight excluding hydrogens is 572 g/mol. The number of urea groups is 1. The first-order valence-electron chi connectivity index (χ1n) is 11.8. The molecule has 0 saturated carbocycles. The summed E-state index contributed by atoms with van der Waals surface area (Å²) >= 11 is 8.39. The zero-order valence-electron chi connectivity index (χ0n) is 20.3. The molecule has 4 amide bonds. The van der Waals surface area contributed by atoms with Crippen molar-refractivity contribution in [3.63, 3.8) is 0 Å². The Morgan fingerprint density at radius 3 is 2.63 bits per heavy atom. The minimum Gasteiger partial charge on any atom is -0.357 e. The van der Waals surface area contributed by atoms with Crippen LogP contribution in [0.15, 0.2) is 34.7 Å². The molecule has 2 atom stereocenters. The van der Waals surface area contributed by atoms with Crippen molar-refractivity contribution >= 4 is 72.2 Å². The Balaban J connectivity index is 1.35. The molecule has 11 nitrogen and oxygen atoms in total. The molecule has 0 spiro atoms. The van der Waals surface area contributed by atoms with Gasteiger partial charge in [0, 0.05) is 66.5 Å². The molecule has 4 heterocycles. The minimum atomic E-state index is -3.91. The third kappa shape index (κ3) is 4.98. The van der Waals surface area contributed by atoms with E-state index in [2.05, 4.69) is 10.3 Å².